The molecule has 1 saturated carbocycles. The Morgan fingerprint density at radius 2 is 2.07 bits per heavy atom. The zero-order valence-electron chi connectivity index (χ0n) is 9.20. The van der Waals surface area contributed by atoms with Crippen LogP contribution in [0.4, 0.5) is 0 Å². The van der Waals surface area contributed by atoms with Gasteiger partial charge >= 0.3 is 0 Å². The Labute approximate surface area is 86.1 Å². The first-order chi connectivity index (χ1) is 6.59. The molecule has 0 aromatic carbocycles. The summed E-state index contributed by atoms with van der Waals surface area (Å²) >= 11 is 0. The molecule has 0 aromatic heterocycles. The van der Waals surface area contributed by atoms with Gasteiger partial charge in [0.15, 0.2) is 0 Å². The van der Waals surface area contributed by atoms with E-state index < -0.39 is 6.10 Å². The zero-order valence-corrected chi connectivity index (χ0v) is 9.20. The molecule has 1 atom stereocenters. The Morgan fingerprint density at radius 1 is 1.50 bits per heavy atom. The summed E-state index contributed by atoms with van der Waals surface area (Å²) in [5.41, 5.74) is 0. The van der Waals surface area contributed by atoms with Gasteiger partial charge < -0.3 is 10.0 Å². The fraction of sp³-hybridized carbons (Fsp3) is 0.909. The first kappa shape index (κ1) is 11.5. The lowest BCUT2D eigenvalue weighted by atomic mass is 10.0. The van der Waals surface area contributed by atoms with Crippen molar-refractivity contribution in [3.63, 3.8) is 0 Å². The van der Waals surface area contributed by atoms with Gasteiger partial charge in [0.05, 0.1) is 6.10 Å². The Kier molecular flexibility index (Phi) is 4.39. The molecular weight excluding hydrogens is 178 g/mol. The van der Waals surface area contributed by atoms with Gasteiger partial charge in [0.25, 0.3) is 0 Å². The highest BCUT2D eigenvalue weighted by Crippen LogP contribution is 2.27. The van der Waals surface area contributed by atoms with Gasteiger partial charge in [-0.25, -0.2) is 0 Å². The summed E-state index contributed by atoms with van der Waals surface area (Å²) in [6.07, 6.45) is 5.20. The monoisotopic (exact) mass is 199 g/mol. The number of nitrogens with zero attached hydrogens (tertiary/aromatic N) is 1. The van der Waals surface area contributed by atoms with Gasteiger partial charge in [-0.2, -0.15) is 0 Å². The fourth-order valence-corrected chi connectivity index (χ4v) is 2.12. The van der Waals surface area contributed by atoms with Gasteiger partial charge in [-0.05, 0) is 25.7 Å². The average Bonchev–Trinajstić information content (AvgIpc) is 2.55. The van der Waals surface area contributed by atoms with E-state index in [9.17, 15) is 4.79 Å². The third kappa shape index (κ3) is 3.66. The molecule has 1 amide bonds. The van der Waals surface area contributed by atoms with E-state index in [1.54, 1.807) is 18.9 Å². The molecule has 0 spiro atoms. The first-order valence-electron chi connectivity index (χ1n) is 5.51. The van der Waals surface area contributed by atoms with Crippen molar-refractivity contribution in [2.24, 2.45) is 5.92 Å². The number of amides is 1. The molecule has 14 heavy (non-hydrogen) atoms. The molecule has 3 heteroatoms. The van der Waals surface area contributed by atoms with E-state index in [2.05, 4.69) is 0 Å². The van der Waals surface area contributed by atoms with Crippen LogP contribution in [-0.4, -0.2) is 35.6 Å². The molecule has 0 heterocycles. The molecule has 0 aromatic rings. The summed E-state index contributed by atoms with van der Waals surface area (Å²) in [4.78, 5) is 13.3. The average molecular weight is 199 g/mol. The lowest BCUT2D eigenvalue weighted by Crippen LogP contribution is -2.33. The van der Waals surface area contributed by atoms with Crippen LogP contribution in [-0.2, 0) is 4.79 Å². The molecule has 1 aliphatic rings. The number of rotatable bonds is 4. The molecule has 0 aliphatic heterocycles. The molecular formula is C11H21NO2. The molecule has 3 nitrogen and oxygen atoms in total. The maximum atomic E-state index is 11.6. The minimum absolute atomic E-state index is 0.179. The quantitative estimate of drug-likeness (QED) is 0.743. The highest BCUT2D eigenvalue weighted by atomic mass is 16.3. The van der Waals surface area contributed by atoms with Crippen molar-refractivity contribution in [1.29, 1.82) is 0 Å². The van der Waals surface area contributed by atoms with Crippen molar-refractivity contribution >= 4 is 5.91 Å². The standard InChI is InChI=1S/C11H21NO2/c1-9(13)8-12(2)11(14)7-10-5-3-4-6-10/h9-10,13H,3-8H2,1-2H3. The van der Waals surface area contributed by atoms with Crippen LogP contribution < -0.4 is 0 Å². The molecule has 1 unspecified atom stereocenters. The van der Waals surface area contributed by atoms with Crippen LogP contribution in [0.15, 0.2) is 0 Å². The number of hydrogen-bond acceptors (Lipinski definition) is 2. The van der Waals surface area contributed by atoms with Crippen LogP contribution in [0.3, 0.4) is 0 Å². The summed E-state index contributed by atoms with van der Waals surface area (Å²) < 4.78 is 0. The predicted octanol–water partition coefficient (Wildman–Crippen LogP) is 1.41. The van der Waals surface area contributed by atoms with Crippen molar-refractivity contribution in [2.45, 2.75) is 45.1 Å². The number of likely N-dealkylation sites (N-methyl/N-ethyl adjacent to an activating group) is 1. The number of hydrogen-bond donors (Lipinski definition) is 1. The van der Waals surface area contributed by atoms with Gasteiger partial charge in [0.1, 0.15) is 0 Å². The minimum atomic E-state index is -0.424. The first-order valence-corrected chi connectivity index (χ1v) is 5.51. The van der Waals surface area contributed by atoms with Gasteiger partial charge in [-0.1, -0.05) is 12.8 Å². The minimum Gasteiger partial charge on any atom is -0.392 e. The fourth-order valence-electron chi connectivity index (χ4n) is 2.12. The van der Waals surface area contributed by atoms with E-state index in [-0.39, 0.29) is 5.91 Å². The van der Waals surface area contributed by atoms with Crippen molar-refractivity contribution in [3.8, 4) is 0 Å². The Balaban J connectivity index is 2.25. The summed E-state index contributed by atoms with van der Waals surface area (Å²) in [5.74, 6) is 0.775. The third-order valence-electron chi connectivity index (χ3n) is 2.90. The van der Waals surface area contributed by atoms with E-state index in [1.165, 1.54) is 25.7 Å². The lowest BCUT2D eigenvalue weighted by molar-refractivity contribution is -0.132. The largest absolute Gasteiger partial charge is 0.392 e. The van der Waals surface area contributed by atoms with Gasteiger partial charge in [0, 0.05) is 20.0 Å². The van der Waals surface area contributed by atoms with Crippen LogP contribution in [0.5, 0.6) is 0 Å². The molecule has 0 radical (unpaired) electrons. The van der Waals surface area contributed by atoms with Crippen molar-refractivity contribution in [1.82, 2.24) is 4.90 Å². The van der Waals surface area contributed by atoms with E-state index in [0.29, 0.717) is 18.9 Å². The molecule has 1 fully saturated rings. The SMILES string of the molecule is CC(O)CN(C)C(=O)CC1CCCC1. The number of aliphatic hydroxyl groups excluding tert-OH is 1. The van der Waals surface area contributed by atoms with Crippen molar-refractivity contribution in [3.05, 3.63) is 0 Å². The summed E-state index contributed by atoms with van der Waals surface area (Å²) in [6.45, 7) is 2.16. The second kappa shape index (κ2) is 5.35. The second-order valence-electron chi connectivity index (χ2n) is 4.48. The van der Waals surface area contributed by atoms with E-state index >= 15 is 0 Å². The Hall–Kier alpha value is -0.570. The van der Waals surface area contributed by atoms with Gasteiger partial charge in [-0.15, -0.1) is 0 Å². The summed E-state index contributed by atoms with van der Waals surface area (Å²) in [7, 11) is 1.77. The zero-order chi connectivity index (χ0) is 10.6. The molecule has 82 valence electrons. The molecule has 0 saturated heterocycles. The van der Waals surface area contributed by atoms with Crippen LogP contribution in [0.25, 0.3) is 0 Å². The number of carbonyl (C=O) groups is 1. The van der Waals surface area contributed by atoms with Gasteiger partial charge in [-0.3, -0.25) is 4.79 Å². The Bertz CT molecular complexity index is 186. The third-order valence-corrected chi connectivity index (χ3v) is 2.90. The lowest BCUT2D eigenvalue weighted by Gasteiger charge is -2.20. The van der Waals surface area contributed by atoms with E-state index in [0.717, 1.165) is 0 Å². The molecule has 1 aliphatic carbocycles. The van der Waals surface area contributed by atoms with Crippen molar-refractivity contribution < 1.29 is 9.90 Å². The van der Waals surface area contributed by atoms with Crippen LogP contribution in [0.2, 0.25) is 0 Å². The van der Waals surface area contributed by atoms with Crippen LogP contribution in [0, 0.1) is 5.92 Å². The smallest absolute Gasteiger partial charge is 0.222 e. The number of carbonyl (C=O) groups excluding carboxylic acids is 1. The second-order valence-corrected chi connectivity index (χ2v) is 4.48. The molecule has 1 N–H and O–H groups in total. The molecule has 0 bridgehead atoms. The Morgan fingerprint density at radius 3 is 2.57 bits per heavy atom. The van der Waals surface area contributed by atoms with E-state index in [4.69, 9.17) is 5.11 Å². The molecule has 1 rings (SSSR count). The number of aliphatic hydroxyl groups is 1. The van der Waals surface area contributed by atoms with Crippen LogP contribution in [0.1, 0.15) is 39.0 Å². The van der Waals surface area contributed by atoms with E-state index in [1.807, 2.05) is 0 Å². The maximum absolute atomic E-state index is 11.6. The topological polar surface area (TPSA) is 40.5 Å². The highest BCUT2D eigenvalue weighted by Gasteiger charge is 2.20. The summed E-state index contributed by atoms with van der Waals surface area (Å²) in [6, 6.07) is 0. The van der Waals surface area contributed by atoms with Crippen LogP contribution >= 0.6 is 0 Å². The normalized spacial score (nSPS) is 19.6. The highest BCUT2D eigenvalue weighted by molar-refractivity contribution is 5.76. The summed E-state index contributed by atoms with van der Waals surface area (Å²) in [5, 5.41) is 9.14. The van der Waals surface area contributed by atoms with Gasteiger partial charge in [0.2, 0.25) is 5.91 Å². The van der Waals surface area contributed by atoms with Crippen molar-refractivity contribution in [2.75, 3.05) is 13.6 Å². The maximum Gasteiger partial charge on any atom is 0.222 e. The predicted molar refractivity (Wildman–Crippen MR) is 55.9 cm³/mol.